The van der Waals surface area contributed by atoms with Gasteiger partial charge in [0.2, 0.25) is 0 Å². The molecule has 2 heterocycles. The van der Waals surface area contributed by atoms with E-state index in [1.165, 1.54) is 29.3 Å². The van der Waals surface area contributed by atoms with E-state index in [4.69, 9.17) is 9.52 Å². The highest BCUT2D eigenvalue weighted by Crippen LogP contribution is 2.30. The number of non-ortho nitro benzene ring substituents is 1. The fourth-order valence-corrected chi connectivity index (χ4v) is 3.75. The van der Waals surface area contributed by atoms with Gasteiger partial charge in [0.25, 0.3) is 11.6 Å². The summed E-state index contributed by atoms with van der Waals surface area (Å²) < 4.78 is 5.92. The molecule has 3 aromatic carbocycles. The van der Waals surface area contributed by atoms with Crippen molar-refractivity contribution < 1.29 is 24.0 Å². The molecular formula is C27H17N3O6. The predicted octanol–water partition coefficient (Wildman–Crippen LogP) is 5.39. The number of carboxylic acids is 1. The number of carboxylic acid groups (broad SMARTS) is 1. The first-order chi connectivity index (χ1) is 17.4. The number of hydrogen-bond donors (Lipinski definition) is 1. The summed E-state index contributed by atoms with van der Waals surface area (Å²) in [5.74, 6) is -0.510. The highest BCUT2D eigenvalue weighted by Gasteiger charge is 2.32. The minimum absolute atomic E-state index is 0.0706. The summed E-state index contributed by atoms with van der Waals surface area (Å²) in [6.07, 6.45) is 1.57. The third-order valence-electron chi connectivity index (χ3n) is 5.56. The lowest BCUT2D eigenvalue weighted by Crippen LogP contribution is -2.21. The van der Waals surface area contributed by atoms with E-state index < -0.39 is 10.9 Å². The second-order valence-electron chi connectivity index (χ2n) is 7.85. The minimum atomic E-state index is -1.02. The summed E-state index contributed by atoms with van der Waals surface area (Å²) in [5, 5.41) is 25.9. The van der Waals surface area contributed by atoms with Gasteiger partial charge in [-0.3, -0.25) is 14.9 Å². The predicted molar refractivity (Wildman–Crippen MR) is 133 cm³/mol. The topological polar surface area (TPSA) is 126 Å². The Labute approximate surface area is 204 Å². The molecule has 36 heavy (non-hydrogen) atoms. The maximum absolute atomic E-state index is 13.4. The van der Waals surface area contributed by atoms with Crippen LogP contribution in [-0.2, 0) is 4.79 Å². The maximum atomic E-state index is 13.4. The first-order valence-electron chi connectivity index (χ1n) is 10.8. The molecule has 0 aliphatic carbocycles. The van der Waals surface area contributed by atoms with Crippen LogP contribution in [0, 0.1) is 10.1 Å². The molecule has 0 saturated carbocycles. The van der Waals surface area contributed by atoms with Crippen molar-refractivity contribution in [2.24, 2.45) is 5.10 Å². The number of furan rings is 1. The number of anilines is 1. The van der Waals surface area contributed by atoms with E-state index in [1.807, 2.05) is 6.07 Å². The molecular weight excluding hydrogens is 462 g/mol. The smallest absolute Gasteiger partial charge is 0.335 e. The number of aromatic carboxylic acids is 1. The highest BCUT2D eigenvalue weighted by molar-refractivity contribution is 6.37. The summed E-state index contributed by atoms with van der Waals surface area (Å²) in [6, 6.07) is 24.4. The Morgan fingerprint density at radius 3 is 2.22 bits per heavy atom. The van der Waals surface area contributed by atoms with Gasteiger partial charge in [0.05, 0.1) is 21.7 Å². The van der Waals surface area contributed by atoms with Crippen molar-refractivity contribution in [3.05, 3.63) is 124 Å². The van der Waals surface area contributed by atoms with Crippen molar-refractivity contribution in [3.63, 3.8) is 0 Å². The number of hydrazone groups is 1. The van der Waals surface area contributed by atoms with Gasteiger partial charge < -0.3 is 9.52 Å². The lowest BCUT2D eigenvalue weighted by molar-refractivity contribution is -0.384. The lowest BCUT2D eigenvalue weighted by Gasteiger charge is -2.10. The van der Waals surface area contributed by atoms with Crippen molar-refractivity contribution in [2.45, 2.75) is 0 Å². The zero-order chi connectivity index (χ0) is 25.2. The molecule has 1 aromatic heterocycles. The Morgan fingerprint density at radius 2 is 1.58 bits per heavy atom. The van der Waals surface area contributed by atoms with Crippen LogP contribution >= 0.6 is 0 Å². The highest BCUT2D eigenvalue weighted by atomic mass is 16.6. The molecule has 1 amide bonds. The van der Waals surface area contributed by atoms with Gasteiger partial charge in [-0.05, 0) is 54.6 Å². The fraction of sp³-hybridized carbons (Fsp3) is 0. The first-order valence-corrected chi connectivity index (χ1v) is 10.8. The van der Waals surface area contributed by atoms with Crippen LogP contribution in [-0.4, -0.2) is 27.6 Å². The third-order valence-corrected chi connectivity index (χ3v) is 5.56. The zero-order valence-electron chi connectivity index (χ0n) is 18.6. The number of carbonyl (C=O) groups excluding carboxylic acids is 1. The molecule has 0 bridgehead atoms. The molecule has 0 spiro atoms. The Kier molecular flexibility index (Phi) is 5.71. The first kappa shape index (κ1) is 22.5. The molecule has 1 aliphatic rings. The van der Waals surface area contributed by atoms with E-state index in [0.717, 1.165) is 0 Å². The lowest BCUT2D eigenvalue weighted by atomic mass is 10.0. The number of nitro groups is 1. The van der Waals surface area contributed by atoms with Crippen LogP contribution in [0.1, 0.15) is 21.7 Å². The quantitative estimate of drug-likeness (QED) is 0.225. The van der Waals surface area contributed by atoms with E-state index in [-0.39, 0.29) is 22.7 Å². The second-order valence-corrected chi connectivity index (χ2v) is 7.85. The summed E-state index contributed by atoms with van der Waals surface area (Å²) in [5.41, 5.74) is 2.49. The van der Waals surface area contributed by atoms with Crippen molar-refractivity contribution >= 4 is 35.0 Å². The number of rotatable bonds is 6. The molecule has 0 radical (unpaired) electrons. The Bertz CT molecular complexity index is 1530. The third kappa shape index (κ3) is 4.28. The molecule has 1 N–H and O–H groups in total. The SMILES string of the molecule is O=C(O)c1ccc(-c2ccc(C=C3C(=O)N(c4ccccc4)N=C3c3ccc([N+](=O)[O-])cc3)o2)cc1. The number of para-hydroxylation sites is 1. The van der Waals surface area contributed by atoms with Crippen LogP contribution in [0.25, 0.3) is 17.4 Å². The number of nitro benzene ring substituents is 1. The molecule has 0 unspecified atom stereocenters. The minimum Gasteiger partial charge on any atom is -0.478 e. The molecule has 0 fully saturated rings. The van der Waals surface area contributed by atoms with E-state index in [2.05, 4.69) is 5.10 Å². The number of hydrogen-bond acceptors (Lipinski definition) is 6. The summed E-state index contributed by atoms with van der Waals surface area (Å²) in [6.45, 7) is 0. The molecule has 4 aromatic rings. The van der Waals surface area contributed by atoms with Crippen molar-refractivity contribution in [3.8, 4) is 11.3 Å². The van der Waals surface area contributed by atoms with Gasteiger partial charge in [0.1, 0.15) is 17.2 Å². The number of benzene rings is 3. The van der Waals surface area contributed by atoms with Crippen molar-refractivity contribution in [1.29, 1.82) is 0 Å². The average Bonchev–Trinajstić information content (AvgIpc) is 3.50. The Balaban J connectivity index is 1.53. The summed E-state index contributed by atoms with van der Waals surface area (Å²) in [7, 11) is 0. The average molecular weight is 479 g/mol. The Morgan fingerprint density at radius 1 is 0.917 bits per heavy atom. The van der Waals surface area contributed by atoms with Gasteiger partial charge in [0, 0.05) is 23.3 Å². The normalized spacial score (nSPS) is 14.2. The monoisotopic (exact) mass is 479 g/mol. The van der Waals surface area contributed by atoms with Crippen molar-refractivity contribution in [1.82, 2.24) is 0 Å². The molecule has 5 rings (SSSR count). The molecule has 176 valence electrons. The van der Waals surface area contributed by atoms with E-state index >= 15 is 0 Å². The Hall–Kier alpha value is -5.31. The van der Waals surface area contributed by atoms with Crippen LogP contribution in [0.15, 0.2) is 106 Å². The van der Waals surface area contributed by atoms with Gasteiger partial charge in [-0.15, -0.1) is 0 Å². The molecule has 0 saturated heterocycles. The van der Waals surface area contributed by atoms with Gasteiger partial charge in [-0.2, -0.15) is 10.1 Å². The molecule has 9 nitrogen and oxygen atoms in total. The van der Waals surface area contributed by atoms with Gasteiger partial charge in [-0.25, -0.2) is 4.79 Å². The van der Waals surface area contributed by atoms with Crippen LogP contribution in [0.2, 0.25) is 0 Å². The fourth-order valence-electron chi connectivity index (χ4n) is 3.75. The standard InChI is InChI=1S/C27H17N3O6/c31-26-23(16-22-14-15-24(36-22)17-6-8-19(9-7-17)27(32)33)25(18-10-12-21(13-11-18)30(34)35)28-29(26)20-4-2-1-3-5-20/h1-16H,(H,32,33). The number of nitrogens with zero attached hydrogens (tertiary/aromatic N) is 3. The second kappa shape index (κ2) is 9.15. The van der Waals surface area contributed by atoms with Crippen molar-refractivity contribution in [2.75, 3.05) is 5.01 Å². The zero-order valence-corrected chi connectivity index (χ0v) is 18.6. The number of carbonyl (C=O) groups is 2. The largest absolute Gasteiger partial charge is 0.478 e. The van der Waals surface area contributed by atoms with Crippen LogP contribution in [0.3, 0.4) is 0 Å². The van der Waals surface area contributed by atoms with E-state index in [1.54, 1.807) is 66.7 Å². The summed E-state index contributed by atoms with van der Waals surface area (Å²) in [4.78, 5) is 35.0. The molecule has 9 heteroatoms. The van der Waals surface area contributed by atoms with Crippen LogP contribution in [0.4, 0.5) is 11.4 Å². The van der Waals surface area contributed by atoms with Gasteiger partial charge >= 0.3 is 5.97 Å². The molecule has 1 aliphatic heterocycles. The number of amides is 1. The van der Waals surface area contributed by atoms with Crippen LogP contribution in [0.5, 0.6) is 0 Å². The maximum Gasteiger partial charge on any atom is 0.335 e. The summed E-state index contributed by atoms with van der Waals surface area (Å²) >= 11 is 0. The van der Waals surface area contributed by atoms with Crippen LogP contribution < -0.4 is 5.01 Å². The van der Waals surface area contributed by atoms with E-state index in [9.17, 15) is 19.7 Å². The van der Waals surface area contributed by atoms with Gasteiger partial charge in [-0.1, -0.05) is 30.3 Å². The van der Waals surface area contributed by atoms with E-state index in [0.29, 0.717) is 34.0 Å². The molecule has 0 atom stereocenters. The van der Waals surface area contributed by atoms with Gasteiger partial charge in [0.15, 0.2) is 0 Å².